The fourth-order valence-electron chi connectivity index (χ4n) is 1.99. The second-order valence-electron chi connectivity index (χ2n) is 4.56. The van der Waals surface area contributed by atoms with Crippen molar-refractivity contribution in [2.24, 2.45) is 0 Å². The van der Waals surface area contributed by atoms with Gasteiger partial charge in [0.15, 0.2) is 0 Å². The van der Waals surface area contributed by atoms with Crippen LogP contribution in [-0.2, 0) is 10.0 Å². The molecule has 0 aliphatic heterocycles. The van der Waals surface area contributed by atoms with Crippen LogP contribution in [-0.4, -0.2) is 13.4 Å². The van der Waals surface area contributed by atoms with Crippen LogP contribution >= 0.6 is 0 Å². The van der Waals surface area contributed by atoms with Crippen molar-refractivity contribution in [3.05, 3.63) is 60.8 Å². The summed E-state index contributed by atoms with van der Waals surface area (Å²) in [6.45, 7) is 0. The topological polar surface area (TPSA) is 85.1 Å². The fraction of sp³-hybridized carbons (Fsp3) is 0. The van der Waals surface area contributed by atoms with Crippen LogP contribution in [0.15, 0.2) is 65.7 Å². The molecule has 0 saturated carbocycles. The standard InChI is InChI=1S/C15H13N3O2S/c16-13-6-2-4-8-15(13)18-21(19,20)12-9-11-5-1-3-7-14(11)17-10-12/h1-10,18H,16H2. The van der Waals surface area contributed by atoms with E-state index < -0.39 is 10.0 Å². The Balaban J connectivity index is 2.02. The smallest absolute Gasteiger partial charge is 0.263 e. The Morgan fingerprint density at radius 1 is 1.00 bits per heavy atom. The average Bonchev–Trinajstić information content (AvgIpc) is 2.49. The third kappa shape index (κ3) is 2.66. The van der Waals surface area contributed by atoms with Gasteiger partial charge < -0.3 is 5.73 Å². The Labute approximate surface area is 122 Å². The number of nitrogens with zero attached hydrogens (tertiary/aromatic N) is 1. The van der Waals surface area contributed by atoms with Gasteiger partial charge in [-0.1, -0.05) is 30.3 Å². The molecular formula is C15H13N3O2S. The van der Waals surface area contributed by atoms with Crippen molar-refractivity contribution in [3.8, 4) is 0 Å². The monoisotopic (exact) mass is 299 g/mol. The number of aromatic nitrogens is 1. The number of hydrogen-bond acceptors (Lipinski definition) is 4. The van der Waals surface area contributed by atoms with Gasteiger partial charge in [0.1, 0.15) is 4.90 Å². The molecule has 0 fully saturated rings. The van der Waals surface area contributed by atoms with Gasteiger partial charge in [0, 0.05) is 11.6 Å². The Morgan fingerprint density at radius 3 is 2.52 bits per heavy atom. The summed E-state index contributed by atoms with van der Waals surface area (Å²) in [7, 11) is -3.72. The zero-order chi connectivity index (χ0) is 14.9. The molecule has 6 heteroatoms. The minimum absolute atomic E-state index is 0.101. The number of rotatable bonds is 3. The van der Waals surface area contributed by atoms with E-state index in [0.29, 0.717) is 11.4 Å². The van der Waals surface area contributed by atoms with Gasteiger partial charge in [-0.3, -0.25) is 9.71 Å². The van der Waals surface area contributed by atoms with E-state index in [2.05, 4.69) is 9.71 Å². The largest absolute Gasteiger partial charge is 0.397 e. The van der Waals surface area contributed by atoms with Gasteiger partial charge in [0.25, 0.3) is 10.0 Å². The molecule has 0 aliphatic carbocycles. The van der Waals surface area contributed by atoms with Crippen molar-refractivity contribution in [2.75, 3.05) is 10.5 Å². The van der Waals surface area contributed by atoms with Crippen molar-refractivity contribution < 1.29 is 8.42 Å². The highest BCUT2D eigenvalue weighted by Crippen LogP contribution is 2.22. The van der Waals surface area contributed by atoms with Crippen LogP contribution in [0.2, 0.25) is 0 Å². The van der Waals surface area contributed by atoms with Gasteiger partial charge in [-0.05, 0) is 24.3 Å². The third-order valence-electron chi connectivity index (χ3n) is 3.08. The number of pyridine rings is 1. The first-order valence-corrected chi connectivity index (χ1v) is 7.77. The summed E-state index contributed by atoms with van der Waals surface area (Å²) in [6.07, 6.45) is 1.34. The van der Waals surface area contributed by atoms with Gasteiger partial charge in [-0.2, -0.15) is 0 Å². The van der Waals surface area contributed by atoms with Crippen molar-refractivity contribution in [2.45, 2.75) is 4.90 Å². The van der Waals surface area contributed by atoms with E-state index in [9.17, 15) is 8.42 Å². The van der Waals surface area contributed by atoms with Crippen LogP contribution in [0.25, 0.3) is 10.9 Å². The minimum atomic E-state index is -3.72. The lowest BCUT2D eigenvalue weighted by Crippen LogP contribution is -2.14. The summed E-state index contributed by atoms with van der Waals surface area (Å²) in [6, 6.07) is 15.6. The van der Waals surface area contributed by atoms with E-state index in [-0.39, 0.29) is 4.90 Å². The van der Waals surface area contributed by atoms with Gasteiger partial charge in [-0.15, -0.1) is 0 Å². The number of para-hydroxylation sites is 3. The summed E-state index contributed by atoms with van der Waals surface area (Å²) in [4.78, 5) is 4.26. The highest BCUT2D eigenvalue weighted by Gasteiger charge is 2.16. The zero-order valence-electron chi connectivity index (χ0n) is 11.0. The summed E-state index contributed by atoms with van der Waals surface area (Å²) in [5, 5.41) is 0.765. The molecular weight excluding hydrogens is 286 g/mol. The van der Waals surface area contributed by atoms with Crippen LogP contribution in [0.1, 0.15) is 0 Å². The summed E-state index contributed by atoms with van der Waals surface area (Å²) >= 11 is 0. The third-order valence-corrected chi connectivity index (χ3v) is 4.41. The van der Waals surface area contributed by atoms with Gasteiger partial charge >= 0.3 is 0 Å². The number of fused-ring (bicyclic) bond motifs is 1. The molecule has 2 aromatic carbocycles. The maximum atomic E-state index is 12.4. The van der Waals surface area contributed by atoms with E-state index in [1.165, 1.54) is 6.20 Å². The van der Waals surface area contributed by atoms with Gasteiger partial charge in [0.2, 0.25) is 0 Å². The number of nitrogen functional groups attached to an aromatic ring is 1. The van der Waals surface area contributed by atoms with Crippen LogP contribution in [0.3, 0.4) is 0 Å². The van der Waals surface area contributed by atoms with Crippen LogP contribution < -0.4 is 10.5 Å². The van der Waals surface area contributed by atoms with E-state index in [1.807, 2.05) is 24.3 Å². The second kappa shape index (κ2) is 5.06. The first kappa shape index (κ1) is 13.4. The van der Waals surface area contributed by atoms with Crippen molar-refractivity contribution in [3.63, 3.8) is 0 Å². The van der Waals surface area contributed by atoms with Crippen LogP contribution in [0.4, 0.5) is 11.4 Å². The number of sulfonamides is 1. The molecule has 0 amide bonds. The molecule has 1 heterocycles. The predicted molar refractivity (Wildman–Crippen MR) is 83.4 cm³/mol. The zero-order valence-corrected chi connectivity index (χ0v) is 11.8. The van der Waals surface area contributed by atoms with E-state index in [0.717, 1.165) is 10.9 Å². The Hall–Kier alpha value is -2.60. The molecule has 0 saturated heterocycles. The molecule has 1 aromatic heterocycles. The Bertz CT molecular complexity index is 907. The van der Waals surface area contributed by atoms with Crippen LogP contribution in [0, 0.1) is 0 Å². The first-order valence-electron chi connectivity index (χ1n) is 6.28. The second-order valence-corrected chi connectivity index (χ2v) is 6.24. The molecule has 3 N–H and O–H groups in total. The molecule has 0 unspecified atom stereocenters. The van der Waals surface area contributed by atoms with Gasteiger partial charge in [-0.25, -0.2) is 8.42 Å². The fourth-order valence-corrected chi connectivity index (χ4v) is 3.06. The Kier molecular flexibility index (Phi) is 3.23. The van der Waals surface area contributed by atoms with Crippen molar-refractivity contribution in [1.82, 2.24) is 4.98 Å². The minimum Gasteiger partial charge on any atom is -0.397 e. The number of nitrogens with two attached hydrogens (primary N) is 1. The average molecular weight is 299 g/mol. The molecule has 3 rings (SSSR count). The highest BCUT2D eigenvalue weighted by atomic mass is 32.2. The number of nitrogens with one attached hydrogen (secondary N) is 1. The lowest BCUT2D eigenvalue weighted by Gasteiger charge is -2.10. The number of anilines is 2. The lowest BCUT2D eigenvalue weighted by molar-refractivity contribution is 0.601. The maximum absolute atomic E-state index is 12.4. The Morgan fingerprint density at radius 2 is 1.71 bits per heavy atom. The molecule has 5 nitrogen and oxygen atoms in total. The SMILES string of the molecule is Nc1ccccc1NS(=O)(=O)c1cnc2ccccc2c1. The first-order chi connectivity index (χ1) is 10.1. The molecule has 21 heavy (non-hydrogen) atoms. The van der Waals surface area contributed by atoms with Gasteiger partial charge in [0.05, 0.1) is 16.9 Å². The van der Waals surface area contributed by atoms with E-state index >= 15 is 0 Å². The molecule has 0 radical (unpaired) electrons. The quantitative estimate of drug-likeness (QED) is 0.728. The lowest BCUT2D eigenvalue weighted by atomic mass is 10.2. The molecule has 106 valence electrons. The predicted octanol–water partition coefficient (Wildman–Crippen LogP) is 2.62. The van der Waals surface area contributed by atoms with E-state index in [1.54, 1.807) is 30.3 Å². The molecule has 0 atom stereocenters. The number of hydrogen-bond donors (Lipinski definition) is 2. The molecule has 3 aromatic rings. The highest BCUT2D eigenvalue weighted by molar-refractivity contribution is 7.92. The van der Waals surface area contributed by atoms with Crippen molar-refractivity contribution >= 4 is 32.3 Å². The molecule has 0 aliphatic rings. The van der Waals surface area contributed by atoms with Crippen molar-refractivity contribution in [1.29, 1.82) is 0 Å². The summed E-state index contributed by atoms with van der Waals surface area (Å²) in [5.74, 6) is 0. The molecule has 0 bridgehead atoms. The molecule has 0 spiro atoms. The van der Waals surface area contributed by atoms with E-state index in [4.69, 9.17) is 5.73 Å². The summed E-state index contributed by atoms with van der Waals surface area (Å²) < 4.78 is 27.3. The normalized spacial score (nSPS) is 11.4. The number of benzene rings is 2. The summed E-state index contributed by atoms with van der Waals surface area (Å²) in [5.41, 5.74) is 7.22. The maximum Gasteiger partial charge on any atom is 0.263 e. The van der Waals surface area contributed by atoms with Crippen LogP contribution in [0.5, 0.6) is 0 Å².